The van der Waals surface area contributed by atoms with Crippen LogP contribution in [-0.2, 0) is 13.0 Å². The zero-order valence-corrected chi connectivity index (χ0v) is 13.6. The van der Waals surface area contributed by atoms with Crippen molar-refractivity contribution in [2.24, 2.45) is 5.11 Å². The van der Waals surface area contributed by atoms with E-state index in [1.165, 1.54) is 43.2 Å². The van der Waals surface area contributed by atoms with Crippen LogP contribution in [0.1, 0.15) is 43.2 Å². The standard InChI is InChI=1S/C19H24N4/c1-15(21-22-20)13-23-14-18-10-6-5-9-17(18)12-19(23)11-16-7-3-2-4-8-16/h5-6,9-11,19H,1-4,7-8,12-14H2. The van der Waals surface area contributed by atoms with E-state index in [1.807, 2.05) is 0 Å². The minimum absolute atomic E-state index is 0.378. The van der Waals surface area contributed by atoms with Crippen molar-refractivity contribution in [1.82, 2.24) is 4.90 Å². The molecule has 1 fully saturated rings. The van der Waals surface area contributed by atoms with Crippen molar-refractivity contribution in [1.29, 1.82) is 0 Å². The van der Waals surface area contributed by atoms with Crippen LogP contribution in [0.5, 0.6) is 0 Å². The molecule has 1 unspecified atom stereocenters. The molecule has 0 saturated heterocycles. The summed E-state index contributed by atoms with van der Waals surface area (Å²) in [5, 5.41) is 3.68. The summed E-state index contributed by atoms with van der Waals surface area (Å²) in [4.78, 5) is 5.26. The van der Waals surface area contributed by atoms with Crippen molar-refractivity contribution in [3.63, 3.8) is 0 Å². The van der Waals surface area contributed by atoms with Gasteiger partial charge in [-0.3, -0.25) is 4.90 Å². The van der Waals surface area contributed by atoms with Gasteiger partial charge in [-0.05, 0) is 48.8 Å². The predicted octanol–water partition coefficient (Wildman–Crippen LogP) is 5.13. The molecule has 1 aliphatic carbocycles. The first kappa shape index (κ1) is 15.9. The highest BCUT2D eigenvalue weighted by atomic mass is 15.2. The van der Waals surface area contributed by atoms with Crippen molar-refractivity contribution in [3.05, 3.63) is 69.8 Å². The van der Waals surface area contributed by atoms with Gasteiger partial charge in [0.15, 0.2) is 0 Å². The van der Waals surface area contributed by atoms with Crippen LogP contribution in [-0.4, -0.2) is 17.5 Å². The van der Waals surface area contributed by atoms with Gasteiger partial charge in [-0.15, -0.1) is 0 Å². The predicted molar refractivity (Wildman–Crippen MR) is 93.8 cm³/mol. The van der Waals surface area contributed by atoms with Crippen molar-refractivity contribution < 1.29 is 0 Å². The van der Waals surface area contributed by atoms with E-state index in [1.54, 1.807) is 5.57 Å². The molecule has 0 N–H and O–H groups in total. The SMILES string of the molecule is C=C(CN1Cc2ccccc2CC1C=C1CCCCC1)N=[N+]=[N-]. The second-order valence-corrected chi connectivity index (χ2v) is 6.59. The van der Waals surface area contributed by atoms with E-state index in [2.05, 4.69) is 51.8 Å². The van der Waals surface area contributed by atoms with Gasteiger partial charge in [0, 0.05) is 29.7 Å². The van der Waals surface area contributed by atoms with E-state index in [0.717, 1.165) is 13.0 Å². The number of azide groups is 1. The number of nitrogens with zero attached hydrogens (tertiary/aromatic N) is 4. The Bertz CT molecular complexity index is 647. The molecule has 0 aromatic heterocycles. The van der Waals surface area contributed by atoms with Gasteiger partial charge >= 0.3 is 0 Å². The molecule has 0 spiro atoms. The van der Waals surface area contributed by atoms with Crippen LogP contribution < -0.4 is 0 Å². The molecule has 4 heteroatoms. The third kappa shape index (κ3) is 4.04. The highest BCUT2D eigenvalue weighted by Crippen LogP contribution is 2.29. The zero-order valence-electron chi connectivity index (χ0n) is 13.6. The fourth-order valence-electron chi connectivity index (χ4n) is 3.71. The summed E-state index contributed by atoms with van der Waals surface area (Å²) in [6.07, 6.45) is 9.98. The van der Waals surface area contributed by atoms with Crippen molar-refractivity contribution in [2.45, 2.75) is 51.1 Å². The summed E-state index contributed by atoms with van der Waals surface area (Å²) in [6, 6.07) is 9.03. The molecular formula is C19H24N4. The molecule has 1 heterocycles. The summed E-state index contributed by atoms with van der Waals surface area (Å²) in [7, 11) is 0. The Morgan fingerprint density at radius 3 is 2.74 bits per heavy atom. The van der Waals surface area contributed by atoms with Gasteiger partial charge in [0.1, 0.15) is 0 Å². The number of rotatable bonds is 4. The summed E-state index contributed by atoms with van der Waals surface area (Å²) in [5.41, 5.74) is 13.6. The largest absolute Gasteiger partial charge is 0.288 e. The average Bonchev–Trinajstić information content (AvgIpc) is 2.56. The van der Waals surface area contributed by atoms with Crippen LogP contribution >= 0.6 is 0 Å². The maximum Gasteiger partial charge on any atom is 0.0328 e. The van der Waals surface area contributed by atoms with Gasteiger partial charge in [0.25, 0.3) is 0 Å². The molecule has 0 amide bonds. The Kier molecular flexibility index (Phi) is 5.16. The van der Waals surface area contributed by atoms with Crippen molar-refractivity contribution in [3.8, 4) is 0 Å². The fourth-order valence-corrected chi connectivity index (χ4v) is 3.71. The van der Waals surface area contributed by atoms with E-state index in [9.17, 15) is 0 Å². The minimum atomic E-state index is 0.378. The topological polar surface area (TPSA) is 52.0 Å². The third-order valence-corrected chi connectivity index (χ3v) is 4.89. The molecule has 3 rings (SSSR count). The van der Waals surface area contributed by atoms with Gasteiger partial charge in [0.05, 0.1) is 0 Å². The molecule has 0 bridgehead atoms. The maximum atomic E-state index is 8.62. The fraction of sp³-hybridized carbons (Fsp3) is 0.474. The van der Waals surface area contributed by atoms with Crippen LogP contribution in [0.25, 0.3) is 10.4 Å². The lowest BCUT2D eigenvalue weighted by Crippen LogP contribution is -2.40. The molecule has 23 heavy (non-hydrogen) atoms. The van der Waals surface area contributed by atoms with E-state index in [-0.39, 0.29) is 0 Å². The van der Waals surface area contributed by atoms with E-state index in [0.29, 0.717) is 18.3 Å². The molecule has 2 aliphatic rings. The molecule has 1 aromatic carbocycles. The normalized spacial score (nSPS) is 21.2. The minimum Gasteiger partial charge on any atom is -0.288 e. The van der Waals surface area contributed by atoms with Crippen molar-refractivity contribution >= 4 is 0 Å². The van der Waals surface area contributed by atoms with Crippen LogP contribution in [0.4, 0.5) is 0 Å². The molecule has 1 atom stereocenters. The van der Waals surface area contributed by atoms with Crippen molar-refractivity contribution in [2.75, 3.05) is 6.54 Å². The quantitative estimate of drug-likeness (QED) is 0.329. The van der Waals surface area contributed by atoms with Crippen LogP contribution in [0, 0.1) is 0 Å². The van der Waals surface area contributed by atoms with Crippen LogP contribution in [0.15, 0.2) is 53.3 Å². The Hall–Kier alpha value is -2.03. The monoisotopic (exact) mass is 308 g/mol. The number of allylic oxidation sites excluding steroid dienone is 1. The lowest BCUT2D eigenvalue weighted by atomic mass is 9.89. The molecular weight excluding hydrogens is 284 g/mol. The molecule has 120 valence electrons. The first-order valence-electron chi connectivity index (χ1n) is 8.49. The van der Waals surface area contributed by atoms with Crippen LogP contribution in [0.2, 0.25) is 0 Å². The Balaban J connectivity index is 1.83. The van der Waals surface area contributed by atoms with Gasteiger partial charge in [-0.1, -0.05) is 54.0 Å². The smallest absolute Gasteiger partial charge is 0.0328 e. The second-order valence-electron chi connectivity index (χ2n) is 6.59. The maximum absolute atomic E-state index is 8.62. The second kappa shape index (κ2) is 7.49. The Morgan fingerprint density at radius 2 is 2.00 bits per heavy atom. The average molecular weight is 308 g/mol. The Morgan fingerprint density at radius 1 is 1.26 bits per heavy atom. The van der Waals surface area contributed by atoms with Gasteiger partial charge < -0.3 is 0 Å². The number of benzene rings is 1. The first-order chi connectivity index (χ1) is 11.3. The number of hydrogen-bond acceptors (Lipinski definition) is 2. The summed E-state index contributed by atoms with van der Waals surface area (Å²) in [6.45, 7) is 5.42. The van der Waals surface area contributed by atoms with E-state index in [4.69, 9.17) is 5.53 Å². The van der Waals surface area contributed by atoms with Crippen LogP contribution in [0.3, 0.4) is 0 Å². The summed E-state index contributed by atoms with van der Waals surface area (Å²) in [5.74, 6) is 0. The zero-order chi connectivity index (χ0) is 16.1. The summed E-state index contributed by atoms with van der Waals surface area (Å²) >= 11 is 0. The van der Waals surface area contributed by atoms with Gasteiger partial charge in [0.2, 0.25) is 0 Å². The van der Waals surface area contributed by atoms with Gasteiger partial charge in [-0.2, -0.15) is 0 Å². The number of fused-ring (bicyclic) bond motifs is 1. The number of hydrogen-bond donors (Lipinski definition) is 0. The highest BCUT2D eigenvalue weighted by Gasteiger charge is 2.25. The highest BCUT2D eigenvalue weighted by molar-refractivity contribution is 5.32. The first-order valence-corrected chi connectivity index (χ1v) is 8.49. The Labute approximate surface area is 138 Å². The van der Waals surface area contributed by atoms with E-state index < -0.39 is 0 Å². The van der Waals surface area contributed by atoms with E-state index >= 15 is 0 Å². The third-order valence-electron chi connectivity index (χ3n) is 4.89. The molecule has 1 saturated carbocycles. The molecule has 1 aliphatic heterocycles. The lowest BCUT2D eigenvalue weighted by Gasteiger charge is -2.36. The van der Waals surface area contributed by atoms with Gasteiger partial charge in [-0.25, -0.2) is 0 Å². The lowest BCUT2D eigenvalue weighted by molar-refractivity contribution is 0.220. The molecule has 1 aromatic rings. The molecule has 4 nitrogen and oxygen atoms in total. The molecule has 0 radical (unpaired) electrons. The summed E-state index contributed by atoms with van der Waals surface area (Å²) < 4.78 is 0.